The van der Waals surface area contributed by atoms with Gasteiger partial charge in [0.1, 0.15) is 18.4 Å². The van der Waals surface area contributed by atoms with Crippen molar-refractivity contribution < 1.29 is 19.5 Å². The molecule has 2 unspecified atom stereocenters. The third-order valence-electron chi connectivity index (χ3n) is 5.67. The summed E-state index contributed by atoms with van der Waals surface area (Å²) in [6.07, 6.45) is 0.609. The number of carbonyl (C=O) groups is 2. The Balaban J connectivity index is 1.72. The van der Waals surface area contributed by atoms with E-state index in [2.05, 4.69) is 0 Å². The number of nitrogens with one attached hydrogen (secondary N) is 1. The zero-order valence-corrected chi connectivity index (χ0v) is 17.1. The minimum atomic E-state index is -0.708. The Morgan fingerprint density at radius 2 is 1.83 bits per heavy atom. The topological polar surface area (TPSA) is 78.9 Å². The molecule has 3 rings (SSSR count). The number of amides is 2. The van der Waals surface area contributed by atoms with Crippen molar-refractivity contribution in [3.05, 3.63) is 65.7 Å². The van der Waals surface area contributed by atoms with E-state index in [0.29, 0.717) is 19.6 Å². The molecule has 0 bridgehead atoms. The first-order valence-corrected chi connectivity index (χ1v) is 9.89. The van der Waals surface area contributed by atoms with Crippen molar-refractivity contribution in [1.29, 1.82) is 0 Å². The van der Waals surface area contributed by atoms with Gasteiger partial charge in [0.05, 0.1) is 5.41 Å². The molecule has 29 heavy (non-hydrogen) atoms. The molecule has 6 heteroatoms. The van der Waals surface area contributed by atoms with Crippen LogP contribution in [0.5, 0.6) is 5.75 Å². The summed E-state index contributed by atoms with van der Waals surface area (Å²) < 4.78 is 5.83. The van der Waals surface area contributed by atoms with Crippen LogP contribution in [0.15, 0.2) is 54.6 Å². The van der Waals surface area contributed by atoms with E-state index >= 15 is 0 Å². The van der Waals surface area contributed by atoms with E-state index in [-0.39, 0.29) is 11.8 Å². The summed E-state index contributed by atoms with van der Waals surface area (Å²) in [5.41, 5.74) is 2.97. The second-order valence-corrected chi connectivity index (χ2v) is 8.04. The van der Waals surface area contributed by atoms with Crippen molar-refractivity contribution in [3.63, 3.8) is 0 Å². The predicted molar refractivity (Wildman–Crippen MR) is 109 cm³/mol. The average Bonchev–Trinajstić information content (AvgIpc) is 3.03. The third kappa shape index (κ3) is 4.27. The standard InChI is InChI=1S/C23H28N2O4/c1-16(2)20(21(26)24-28)25-14-13-23(3,22(25)27)18-9-11-19(12-10-18)29-15-17-7-5-4-6-8-17/h4-12,16,20,28H,13-15H2,1-3H3,(H,24,26). The number of likely N-dealkylation sites (tertiary alicyclic amines) is 1. The number of benzene rings is 2. The lowest BCUT2D eigenvalue weighted by molar-refractivity contribution is -0.145. The van der Waals surface area contributed by atoms with E-state index in [0.717, 1.165) is 16.9 Å². The van der Waals surface area contributed by atoms with Crippen molar-refractivity contribution in [2.45, 2.75) is 45.3 Å². The Morgan fingerprint density at radius 1 is 1.17 bits per heavy atom. The average molecular weight is 396 g/mol. The second-order valence-electron chi connectivity index (χ2n) is 8.04. The third-order valence-corrected chi connectivity index (χ3v) is 5.67. The highest BCUT2D eigenvalue weighted by Crippen LogP contribution is 2.38. The molecule has 0 spiro atoms. The lowest BCUT2D eigenvalue weighted by Crippen LogP contribution is -2.51. The van der Waals surface area contributed by atoms with Gasteiger partial charge in [-0.05, 0) is 42.5 Å². The van der Waals surface area contributed by atoms with Gasteiger partial charge in [0.15, 0.2) is 0 Å². The summed E-state index contributed by atoms with van der Waals surface area (Å²) in [5, 5.41) is 9.06. The summed E-state index contributed by atoms with van der Waals surface area (Å²) in [6, 6.07) is 16.8. The van der Waals surface area contributed by atoms with E-state index in [9.17, 15) is 9.59 Å². The van der Waals surface area contributed by atoms with Crippen LogP contribution in [0.4, 0.5) is 0 Å². The maximum atomic E-state index is 13.2. The lowest BCUT2D eigenvalue weighted by atomic mass is 9.81. The van der Waals surface area contributed by atoms with Gasteiger partial charge in [-0.25, -0.2) is 5.48 Å². The van der Waals surface area contributed by atoms with E-state index in [1.165, 1.54) is 0 Å². The SMILES string of the molecule is CC(C)C(C(=O)NO)N1CCC(C)(c2ccc(OCc3ccccc3)cc2)C1=O. The highest BCUT2D eigenvalue weighted by Gasteiger charge is 2.48. The molecule has 0 radical (unpaired) electrons. The molecule has 1 saturated heterocycles. The summed E-state index contributed by atoms with van der Waals surface area (Å²) in [6.45, 7) is 6.58. The smallest absolute Gasteiger partial charge is 0.266 e. The number of hydrogen-bond acceptors (Lipinski definition) is 4. The Morgan fingerprint density at radius 3 is 2.41 bits per heavy atom. The van der Waals surface area contributed by atoms with E-state index in [1.54, 1.807) is 10.4 Å². The summed E-state index contributed by atoms with van der Waals surface area (Å²) in [5.74, 6) is -0.0227. The molecule has 154 valence electrons. The monoisotopic (exact) mass is 396 g/mol. The molecule has 2 atom stereocenters. The van der Waals surface area contributed by atoms with E-state index < -0.39 is 17.4 Å². The van der Waals surface area contributed by atoms with Crippen LogP contribution in [0.1, 0.15) is 38.3 Å². The fraction of sp³-hybridized carbons (Fsp3) is 0.391. The highest BCUT2D eigenvalue weighted by molar-refractivity contribution is 5.94. The molecule has 1 heterocycles. The number of ether oxygens (including phenoxy) is 1. The minimum Gasteiger partial charge on any atom is -0.489 e. The van der Waals surface area contributed by atoms with Crippen molar-refractivity contribution in [2.75, 3.05) is 6.54 Å². The van der Waals surface area contributed by atoms with Crippen LogP contribution in [-0.4, -0.2) is 34.5 Å². The van der Waals surface area contributed by atoms with Gasteiger partial charge in [0.25, 0.3) is 5.91 Å². The van der Waals surface area contributed by atoms with Crippen LogP contribution < -0.4 is 10.2 Å². The van der Waals surface area contributed by atoms with Gasteiger partial charge in [-0.1, -0.05) is 56.3 Å². The first-order chi connectivity index (χ1) is 13.9. The van der Waals surface area contributed by atoms with Gasteiger partial charge in [0.2, 0.25) is 5.91 Å². The molecule has 2 amide bonds. The first-order valence-electron chi connectivity index (χ1n) is 9.89. The molecule has 2 N–H and O–H groups in total. The van der Waals surface area contributed by atoms with E-state index in [4.69, 9.17) is 9.94 Å². The molecule has 1 fully saturated rings. The molecule has 1 aliphatic heterocycles. The van der Waals surface area contributed by atoms with Gasteiger partial charge in [-0.3, -0.25) is 14.8 Å². The summed E-state index contributed by atoms with van der Waals surface area (Å²) >= 11 is 0. The molecule has 0 aliphatic carbocycles. The number of carbonyl (C=O) groups excluding carboxylic acids is 2. The largest absolute Gasteiger partial charge is 0.489 e. The van der Waals surface area contributed by atoms with Crippen LogP contribution in [0.2, 0.25) is 0 Å². The van der Waals surface area contributed by atoms with Crippen LogP contribution in [0.25, 0.3) is 0 Å². The molecule has 6 nitrogen and oxygen atoms in total. The first kappa shape index (κ1) is 20.9. The van der Waals surface area contributed by atoms with Crippen LogP contribution in [0.3, 0.4) is 0 Å². The quantitative estimate of drug-likeness (QED) is 0.556. The number of hydrogen-bond donors (Lipinski definition) is 2. The van der Waals surface area contributed by atoms with Gasteiger partial charge in [0, 0.05) is 6.54 Å². The molecule has 2 aromatic rings. The Hall–Kier alpha value is -2.86. The van der Waals surface area contributed by atoms with E-state index in [1.807, 2.05) is 75.4 Å². The maximum absolute atomic E-state index is 13.2. The van der Waals surface area contributed by atoms with Gasteiger partial charge in [-0.2, -0.15) is 0 Å². The van der Waals surface area contributed by atoms with Gasteiger partial charge in [-0.15, -0.1) is 0 Å². The van der Waals surface area contributed by atoms with Crippen molar-refractivity contribution in [2.24, 2.45) is 5.92 Å². The Kier molecular flexibility index (Phi) is 6.23. The molecule has 0 aromatic heterocycles. The van der Waals surface area contributed by atoms with Crippen molar-refractivity contribution >= 4 is 11.8 Å². The summed E-state index contributed by atoms with van der Waals surface area (Å²) in [4.78, 5) is 26.9. The van der Waals surface area contributed by atoms with Crippen molar-refractivity contribution in [1.82, 2.24) is 10.4 Å². The maximum Gasteiger partial charge on any atom is 0.266 e. The molecular formula is C23H28N2O4. The van der Waals surface area contributed by atoms with Crippen LogP contribution >= 0.6 is 0 Å². The normalized spacial score (nSPS) is 20.0. The zero-order valence-electron chi connectivity index (χ0n) is 17.1. The minimum absolute atomic E-state index is 0.0993. The Labute approximate surface area is 171 Å². The number of nitrogens with zero attached hydrogens (tertiary/aromatic N) is 1. The number of rotatable bonds is 7. The fourth-order valence-corrected chi connectivity index (χ4v) is 3.93. The molecule has 0 saturated carbocycles. The van der Waals surface area contributed by atoms with Crippen LogP contribution in [-0.2, 0) is 21.6 Å². The van der Waals surface area contributed by atoms with Crippen molar-refractivity contribution in [3.8, 4) is 5.75 Å². The molecular weight excluding hydrogens is 368 g/mol. The Bertz CT molecular complexity index is 851. The lowest BCUT2D eigenvalue weighted by Gasteiger charge is -2.31. The van der Waals surface area contributed by atoms with Gasteiger partial charge >= 0.3 is 0 Å². The highest BCUT2D eigenvalue weighted by atomic mass is 16.5. The second kappa shape index (κ2) is 8.66. The molecule has 2 aromatic carbocycles. The van der Waals surface area contributed by atoms with Gasteiger partial charge < -0.3 is 9.64 Å². The number of hydroxylamine groups is 1. The summed E-state index contributed by atoms with van der Waals surface area (Å²) in [7, 11) is 0. The van der Waals surface area contributed by atoms with Crippen LogP contribution in [0, 0.1) is 5.92 Å². The zero-order chi connectivity index (χ0) is 21.0. The molecule has 1 aliphatic rings. The predicted octanol–water partition coefficient (Wildman–Crippen LogP) is 3.29. The fourth-order valence-electron chi connectivity index (χ4n) is 3.93.